The van der Waals surface area contributed by atoms with Crippen LogP contribution in [0.4, 0.5) is 0 Å². The van der Waals surface area contributed by atoms with Crippen LogP contribution in [0.3, 0.4) is 0 Å². The first-order valence-electron chi connectivity index (χ1n) is 9.23. The predicted octanol–water partition coefficient (Wildman–Crippen LogP) is 1.81. The minimum absolute atomic E-state index is 0. The molecule has 0 spiro atoms. The second-order valence-corrected chi connectivity index (χ2v) is 10.6. The fraction of sp³-hybridized carbons (Fsp3) is 0.941. The van der Waals surface area contributed by atoms with Gasteiger partial charge in [0.05, 0.1) is 10.5 Å². The number of likely N-dealkylation sites (tertiary alicyclic amines) is 1. The molecule has 0 aromatic rings. The lowest BCUT2D eigenvalue weighted by Crippen LogP contribution is -2.57. The second-order valence-electron chi connectivity index (χ2n) is 7.81. The summed E-state index contributed by atoms with van der Waals surface area (Å²) in [4.78, 5) is 9.42. The summed E-state index contributed by atoms with van der Waals surface area (Å²) in [6.07, 6.45) is 2.63. The van der Waals surface area contributed by atoms with E-state index in [-0.39, 0.29) is 29.7 Å². The molecule has 0 aliphatic carbocycles. The molecule has 2 rings (SSSR count). The first kappa shape index (κ1) is 23.0. The van der Waals surface area contributed by atoms with Crippen molar-refractivity contribution in [3.63, 3.8) is 0 Å². The zero-order valence-electron chi connectivity index (χ0n) is 16.1. The van der Waals surface area contributed by atoms with Gasteiger partial charge in [0.15, 0.2) is 15.8 Å². The molecule has 1 N–H and O–H groups in total. The van der Waals surface area contributed by atoms with Crippen molar-refractivity contribution >= 4 is 39.8 Å². The normalized spacial score (nSPS) is 24.6. The number of halogens is 1. The minimum Gasteiger partial charge on any atom is -0.357 e. The Morgan fingerprint density at radius 3 is 2.44 bits per heavy atom. The SMILES string of the molecule is CCNC(=NCC(C)CN1CCCC1)N1CCS(=O)(=O)C(C)(C)C1.I. The van der Waals surface area contributed by atoms with Crippen LogP contribution >= 0.6 is 24.0 Å². The standard InChI is InChI=1S/C17H34N4O2S.HI/c1-5-18-16(19-12-15(2)13-20-8-6-7-9-20)21-10-11-24(22,23)17(3,4)14-21;/h15H,5-14H2,1-4H3,(H,18,19);1H. The van der Waals surface area contributed by atoms with Gasteiger partial charge in [-0.05, 0) is 52.6 Å². The van der Waals surface area contributed by atoms with Crippen LogP contribution in [0.25, 0.3) is 0 Å². The first-order chi connectivity index (χ1) is 11.2. The minimum atomic E-state index is -3.02. The van der Waals surface area contributed by atoms with E-state index in [4.69, 9.17) is 4.99 Å². The number of hydrogen-bond acceptors (Lipinski definition) is 4. The quantitative estimate of drug-likeness (QED) is 0.365. The molecule has 8 heteroatoms. The van der Waals surface area contributed by atoms with Gasteiger partial charge in [-0.2, -0.15) is 0 Å². The van der Waals surface area contributed by atoms with Gasteiger partial charge in [0.1, 0.15) is 0 Å². The lowest BCUT2D eigenvalue weighted by atomic mass is 10.1. The Labute approximate surface area is 170 Å². The summed E-state index contributed by atoms with van der Waals surface area (Å²) in [6, 6.07) is 0. The van der Waals surface area contributed by atoms with E-state index in [1.165, 1.54) is 25.9 Å². The fourth-order valence-electron chi connectivity index (χ4n) is 3.46. The monoisotopic (exact) mass is 486 g/mol. The third-order valence-corrected chi connectivity index (χ3v) is 7.53. The van der Waals surface area contributed by atoms with Gasteiger partial charge < -0.3 is 15.1 Å². The van der Waals surface area contributed by atoms with Gasteiger partial charge in [0.2, 0.25) is 0 Å². The van der Waals surface area contributed by atoms with Crippen molar-refractivity contribution in [2.45, 2.75) is 45.3 Å². The lowest BCUT2D eigenvalue weighted by molar-refractivity contribution is 0.290. The van der Waals surface area contributed by atoms with E-state index in [1.54, 1.807) is 0 Å². The molecule has 2 aliphatic rings. The fourth-order valence-corrected chi connectivity index (χ4v) is 4.82. The highest BCUT2D eigenvalue weighted by atomic mass is 127. The van der Waals surface area contributed by atoms with Crippen molar-refractivity contribution in [2.75, 3.05) is 51.6 Å². The van der Waals surface area contributed by atoms with Gasteiger partial charge in [0, 0.05) is 32.7 Å². The van der Waals surface area contributed by atoms with Gasteiger partial charge in [0.25, 0.3) is 0 Å². The molecule has 6 nitrogen and oxygen atoms in total. The van der Waals surface area contributed by atoms with Crippen molar-refractivity contribution in [1.29, 1.82) is 0 Å². The van der Waals surface area contributed by atoms with Gasteiger partial charge in [-0.3, -0.25) is 4.99 Å². The summed E-state index contributed by atoms with van der Waals surface area (Å²) in [7, 11) is -3.02. The zero-order chi connectivity index (χ0) is 17.8. The summed E-state index contributed by atoms with van der Waals surface area (Å²) in [6.45, 7) is 14.1. The maximum atomic E-state index is 12.2. The number of nitrogens with zero attached hydrogens (tertiary/aromatic N) is 3. The van der Waals surface area contributed by atoms with E-state index >= 15 is 0 Å². The van der Waals surface area contributed by atoms with E-state index < -0.39 is 14.6 Å². The molecular formula is C17H35IN4O2S. The molecule has 0 saturated carbocycles. The Bertz CT molecular complexity index is 545. The highest BCUT2D eigenvalue weighted by molar-refractivity contribution is 14.0. The zero-order valence-corrected chi connectivity index (χ0v) is 19.3. The van der Waals surface area contributed by atoms with E-state index in [9.17, 15) is 8.42 Å². The number of nitrogens with one attached hydrogen (secondary N) is 1. The molecule has 25 heavy (non-hydrogen) atoms. The molecule has 148 valence electrons. The predicted molar refractivity (Wildman–Crippen MR) is 116 cm³/mol. The number of hydrogen-bond donors (Lipinski definition) is 1. The molecule has 2 heterocycles. The molecule has 1 atom stereocenters. The first-order valence-corrected chi connectivity index (χ1v) is 10.9. The van der Waals surface area contributed by atoms with Crippen molar-refractivity contribution in [1.82, 2.24) is 15.1 Å². The van der Waals surface area contributed by atoms with Gasteiger partial charge in [-0.15, -0.1) is 24.0 Å². The molecule has 0 radical (unpaired) electrons. The number of rotatable bonds is 5. The van der Waals surface area contributed by atoms with E-state index in [2.05, 4.69) is 29.0 Å². The third-order valence-electron chi connectivity index (χ3n) is 5.00. The van der Waals surface area contributed by atoms with E-state index in [1.807, 2.05) is 13.8 Å². The lowest BCUT2D eigenvalue weighted by Gasteiger charge is -2.39. The second kappa shape index (κ2) is 9.73. The third kappa shape index (κ3) is 6.23. The Hall–Kier alpha value is -0.0900. The highest BCUT2D eigenvalue weighted by Crippen LogP contribution is 2.23. The molecule has 0 amide bonds. The maximum Gasteiger partial charge on any atom is 0.194 e. The van der Waals surface area contributed by atoms with Crippen LogP contribution < -0.4 is 5.32 Å². The summed E-state index contributed by atoms with van der Waals surface area (Å²) in [5.74, 6) is 1.57. The molecule has 2 aliphatic heterocycles. The average Bonchev–Trinajstić information content (AvgIpc) is 2.99. The number of aliphatic imine (C=N–C) groups is 1. The Morgan fingerprint density at radius 2 is 1.88 bits per heavy atom. The van der Waals surface area contributed by atoms with Crippen LogP contribution in [0.15, 0.2) is 4.99 Å². The average molecular weight is 486 g/mol. The van der Waals surface area contributed by atoms with Crippen molar-refractivity contribution < 1.29 is 8.42 Å². The molecule has 2 fully saturated rings. The molecule has 0 aromatic carbocycles. The van der Waals surface area contributed by atoms with Crippen LogP contribution in [0.1, 0.15) is 40.5 Å². The van der Waals surface area contributed by atoms with Crippen LogP contribution in [0.2, 0.25) is 0 Å². The summed E-state index contributed by atoms with van der Waals surface area (Å²) >= 11 is 0. The summed E-state index contributed by atoms with van der Waals surface area (Å²) in [5.41, 5.74) is 0. The highest BCUT2D eigenvalue weighted by Gasteiger charge is 2.40. The Balaban J connectivity index is 0.00000312. The maximum absolute atomic E-state index is 12.2. The van der Waals surface area contributed by atoms with Crippen molar-refractivity contribution in [3.05, 3.63) is 0 Å². The summed E-state index contributed by atoms with van der Waals surface area (Å²) in [5, 5.41) is 3.33. The van der Waals surface area contributed by atoms with E-state index in [0.29, 0.717) is 19.0 Å². The number of sulfone groups is 1. The topological polar surface area (TPSA) is 65.0 Å². The smallest absolute Gasteiger partial charge is 0.194 e. The van der Waals surface area contributed by atoms with Crippen LogP contribution in [0.5, 0.6) is 0 Å². The molecule has 0 bridgehead atoms. The van der Waals surface area contributed by atoms with Crippen molar-refractivity contribution in [2.24, 2.45) is 10.9 Å². The van der Waals surface area contributed by atoms with Crippen LogP contribution in [0, 0.1) is 5.92 Å². The Kier molecular flexibility index (Phi) is 8.93. The van der Waals surface area contributed by atoms with Gasteiger partial charge in [-0.25, -0.2) is 8.42 Å². The molecule has 1 unspecified atom stereocenters. The molecule has 2 saturated heterocycles. The van der Waals surface area contributed by atoms with Crippen molar-refractivity contribution in [3.8, 4) is 0 Å². The Morgan fingerprint density at radius 1 is 1.24 bits per heavy atom. The number of guanidine groups is 1. The molecular weight excluding hydrogens is 451 g/mol. The van der Waals surface area contributed by atoms with E-state index in [0.717, 1.165) is 25.6 Å². The summed E-state index contributed by atoms with van der Waals surface area (Å²) < 4.78 is 23.7. The van der Waals surface area contributed by atoms with Gasteiger partial charge >= 0.3 is 0 Å². The van der Waals surface area contributed by atoms with Gasteiger partial charge in [-0.1, -0.05) is 6.92 Å². The molecule has 0 aromatic heterocycles. The largest absolute Gasteiger partial charge is 0.357 e. The van der Waals surface area contributed by atoms with Crippen LogP contribution in [-0.4, -0.2) is 80.5 Å². The van der Waals surface area contributed by atoms with Crippen LogP contribution in [-0.2, 0) is 9.84 Å².